The van der Waals surface area contributed by atoms with E-state index in [1.165, 1.54) is 24.8 Å². The van der Waals surface area contributed by atoms with Crippen molar-refractivity contribution in [2.24, 2.45) is 0 Å². The van der Waals surface area contributed by atoms with Crippen molar-refractivity contribution >= 4 is 0 Å². The standard InChI is InChI=1S/C12H24N2O/c1-11(8-13-2)9-14-7-5-3-4-6-12(14)10-15/h12-13,15H,1,3-10H2,2H3. The maximum Gasteiger partial charge on any atom is 0.0586 e. The summed E-state index contributed by atoms with van der Waals surface area (Å²) in [5, 5.41) is 12.5. The molecule has 1 aliphatic heterocycles. The van der Waals surface area contributed by atoms with Gasteiger partial charge in [-0.15, -0.1) is 0 Å². The van der Waals surface area contributed by atoms with E-state index in [-0.39, 0.29) is 6.61 Å². The van der Waals surface area contributed by atoms with Gasteiger partial charge in [0.15, 0.2) is 0 Å². The number of likely N-dealkylation sites (tertiary alicyclic amines) is 1. The first-order valence-corrected chi connectivity index (χ1v) is 5.94. The summed E-state index contributed by atoms with van der Waals surface area (Å²) in [4.78, 5) is 2.38. The minimum absolute atomic E-state index is 0.285. The maximum atomic E-state index is 9.34. The number of nitrogens with zero attached hydrogens (tertiary/aromatic N) is 1. The van der Waals surface area contributed by atoms with Crippen molar-refractivity contribution in [2.75, 3.05) is 33.3 Å². The number of aliphatic hydroxyl groups excluding tert-OH is 1. The summed E-state index contributed by atoms with van der Waals surface area (Å²) in [7, 11) is 1.94. The molecule has 1 rings (SSSR count). The number of hydrogen-bond acceptors (Lipinski definition) is 3. The van der Waals surface area contributed by atoms with Gasteiger partial charge in [-0.3, -0.25) is 4.90 Å². The molecule has 1 atom stereocenters. The van der Waals surface area contributed by atoms with Crippen LogP contribution in [-0.2, 0) is 0 Å². The molecule has 0 aromatic carbocycles. The van der Waals surface area contributed by atoms with E-state index in [0.29, 0.717) is 6.04 Å². The van der Waals surface area contributed by atoms with Crippen molar-refractivity contribution in [2.45, 2.75) is 31.7 Å². The lowest BCUT2D eigenvalue weighted by Crippen LogP contribution is -2.39. The molecule has 0 bridgehead atoms. The summed E-state index contributed by atoms with van der Waals surface area (Å²) in [5.74, 6) is 0. The molecule has 1 unspecified atom stereocenters. The molecule has 15 heavy (non-hydrogen) atoms. The fourth-order valence-corrected chi connectivity index (χ4v) is 2.24. The lowest BCUT2D eigenvalue weighted by molar-refractivity contribution is 0.133. The summed E-state index contributed by atoms with van der Waals surface area (Å²) >= 11 is 0. The number of nitrogens with one attached hydrogen (secondary N) is 1. The second-order valence-electron chi connectivity index (χ2n) is 4.44. The van der Waals surface area contributed by atoms with Crippen LogP contribution >= 0.6 is 0 Å². The highest BCUT2D eigenvalue weighted by Crippen LogP contribution is 2.17. The third-order valence-corrected chi connectivity index (χ3v) is 3.06. The zero-order valence-electron chi connectivity index (χ0n) is 9.84. The van der Waals surface area contributed by atoms with Crippen molar-refractivity contribution in [1.29, 1.82) is 0 Å². The molecule has 0 aromatic rings. The van der Waals surface area contributed by atoms with E-state index >= 15 is 0 Å². The van der Waals surface area contributed by atoms with Crippen molar-refractivity contribution in [3.05, 3.63) is 12.2 Å². The van der Waals surface area contributed by atoms with E-state index in [4.69, 9.17) is 0 Å². The van der Waals surface area contributed by atoms with Gasteiger partial charge in [-0.05, 0) is 32.0 Å². The van der Waals surface area contributed by atoms with Gasteiger partial charge in [0, 0.05) is 19.1 Å². The van der Waals surface area contributed by atoms with Crippen LogP contribution in [0.1, 0.15) is 25.7 Å². The van der Waals surface area contributed by atoms with Crippen molar-refractivity contribution in [3.8, 4) is 0 Å². The Morgan fingerprint density at radius 2 is 2.27 bits per heavy atom. The van der Waals surface area contributed by atoms with Gasteiger partial charge in [0.05, 0.1) is 6.61 Å². The average molecular weight is 212 g/mol. The molecule has 0 saturated carbocycles. The van der Waals surface area contributed by atoms with Crippen molar-refractivity contribution in [1.82, 2.24) is 10.2 Å². The van der Waals surface area contributed by atoms with Gasteiger partial charge >= 0.3 is 0 Å². The fourth-order valence-electron chi connectivity index (χ4n) is 2.24. The SMILES string of the molecule is C=C(CNC)CN1CCCCCC1CO. The third kappa shape index (κ3) is 4.33. The van der Waals surface area contributed by atoms with Crippen LogP contribution in [0.2, 0.25) is 0 Å². The molecule has 2 N–H and O–H groups in total. The van der Waals surface area contributed by atoms with Crippen molar-refractivity contribution in [3.63, 3.8) is 0 Å². The highest BCUT2D eigenvalue weighted by atomic mass is 16.3. The monoisotopic (exact) mass is 212 g/mol. The van der Waals surface area contributed by atoms with Crippen molar-refractivity contribution < 1.29 is 5.11 Å². The second kappa shape index (κ2) is 6.99. The molecule has 88 valence electrons. The zero-order valence-corrected chi connectivity index (χ0v) is 9.84. The van der Waals surface area contributed by atoms with Crippen LogP contribution < -0.4 is 5.32 Å². The van der Waals surface area contributed by atoms with Crippen LogP contribution in [0.25, 0.3) is 0 Å². The van der Waals surface area contributed by atoms with Crippen LogP contribution in [0.3, 0.4) is 0 Å². The summed E-state index contributed by atoms with van der Waals surface area (Å²) in [6.07, 6.45) is 4.93. The van der Waals surface area contributed by atoms with Crippen LogP contribution in [0.4, 0.5) is 0 Å². The van der Waals surface area contributed by atoms with Gasteiger partial charge in [0.25, 0.3) is 0 Å². The predicted octanol–water partition coefficient (Wildman–Crippen LogP) is 0.999. The molecule has 0 aliphatic carbocycles. The molecular weight excluding hydrogens is 188 g/mol. The van der Waals surface area contributed by atoms with E-state index in [1.54, 1.807) is 0 Å². The molecule has 0 aromatic heterocycles. The van der Waals surface area contributed by atoms with Gasteiger partial charge in [0.2, 0.25) is 0 Å². The maximum absolute atomic E-state index is 9.34. The lowest BCUT2D eigenvalue weighted by Gasteiger charge is -2.29. The number of aliphatic hydroxyl groups is 1. The largest absolute Gasteiger partial charge is 0.395 e. The van der Waals surface area contributed by atoms with Gasteiger partial charge in [-0.2, -0.15) is 0 Å². The number of rotatable bonds is 5. The Morgan fingerprint density at radius 3 is 2.93 bits per heavy atom. The van der Waals surface area contributed by atoms with E-state index in [1.807, 2.05) is 7.05 Å². The first-order valence-electron chi connectivity index (χ1n) is 5.94. The molecule has 1 fully saturated rings. The minimum atomic E-state index is 0.285. The Morgan fingerprint density at radius 1 is 1.47 bits per heavy atom. The first kappa shape index (κ1) is 12.7. The van der Waals surface area contributed by atoms with Crippen LogP contribution in [-0.4, -0.2) is 49.3 Å². The fraction of sp³-hybridized carbons (Fsp3) is 0.833. The van der Waals surface area contributed by atoms with Crippen LogP contribution in [0.15, 0.2) is 12.2 Å². The molecule has 0 spiro atoms. The van der Waals surface area contributed by atoms with E-state index in [0.717, 1.165) is 26.1 Å². The van der Waals surface area contributed by atoms with Crippen LogP contribution in [0, 0.1) is 0 Å². The Labute approximate surface area is 93.2 Å². The Kier molecular flexibility index (Phi) is 5.91. The third-order valence-electron chi connectivity index (χ3n) is 3.06. The number of hydrogen-bond donors (Lipinski definition) is 2. The Hall–Kier alpha value is -0.380. The molecule has 0 amide bonds. The van der Waals surface area contributed by atoms with E-state index in [9.17, 15) is 5.11 Å². The quantitative estimate of drug-likeness (QED) is 0.667. The molecule has 3 nitrogen and oxygen atoms in total. The topological polar surface area (TPSA) is 35.5 Å². The summed E-state index contributed by atoms with van der Waals surface area (Å²) in [6, 6.07) is 0.348. The summed E-state index contributed by atoms with van der Waals surface area (Å²) in [6.45, 7) is 7.23. The molecule has 1 heterocycles. The average Bonchev–Trinajstić information content (AvgIpc) is 2.43. The first-order chi connectivity index (χ1) is 7.27. The summed E-state index contributed by atoms with van der Waals surface area (Å²) < 4.78 is 0. The van der Waals surface area contributed by atoms with Gasteiger partial charge in [0.1, 0.15) is 0 Å². The lowest BCUT2D eigenvalue weighted by atomic mass is 10.1. The molecular formula is C12H24N2O. The minimum Gasteiger partial charge on any atom is -0.395 e. The number of likely N-dealkylation sites (N-methyl/N-ethyl adjacent to an activating group) is 1. The molecule has 3 heteroatoms. The van der Waals surface area contributed by atoms with Gasteiger partial charge in [-0.1, -0.05) is 19.4 Å². The zero-order chi connectivity index (χ0) is 11.1. The van der Waals surface area contributed by atoms with Gasteiger partial charge < -0.3 is 10.4 Å². The Bertz CT molecular complexity index is 194. The smallest absolute Gasteiger partial charge is 0.0586 e. The van der Waals surface area contributed by atoms with Crippen LogP contribution in [0.5, 0.6) is 0 Å². The highest BCUT2D eigenvalue weighted by molar-refractivity contribution is 5.00. The van der Waals surface area contributed by atoms with Gasteiger partial charge in [-0.25, -0.2) is 0 Å². The Balaban J connectivity index is 2.43. The second-order valence-corrected chi connectivity index (χ2v) is 4.44. The molecule has 1 saturated heterocycles. The van der Waals surface area contributed by atoms with E-state index < -0.39 is 0 Å². The highest BCUT2D eigenvalue weighted by Gasteiger charge is 2.20. The molecule has 1 aliphatic rings. The summed E-state index contributed by atoms with van der Waals surface area (Å²) in [5.41, 5.74) is 1.21. The van der Waals surface area contributed by atoms with E-state index in [2.05, 4.69) is 16.8 Å². The molecule has 0 radical (unpaired) electrons. The predicted molar refractivity (Wildman–Crippen MR) is 64.0 cm³/mol. The normalized spacial score (nSPS) is 23.7.